The lowest BCUT2D eigenvalue weighted by molar-refractivity contribution is 0.101. The fraction of sp³-hybridized carbons (Fsp3) is 0.0833. The standard InChI is InChI=1S/C24H20N2O6S/c1-16(27)17-3-2-4-20(13-17)26-33(29,30)21-8-6-19(7-9-21)25-12-11-22(28)18-5-10-23-24(14-18)32-15-31-23/h2-14,25-26H,15H2,1H3. The van der Waals surface area contributed by atoms with Gasteiger partial charge in [-0.15, -0.1) is 0 Å². The number of rotatable bonds is 8. The number of anilines is 2. The van der Waals surface area contributed by atoms with E-state index in [4.69, 9.17) is 9.47 Å². The van der Waals surface area contributed by atoms with Gasteiger partial charge in [0.2, 0.25) is 6.79 Å². The van der Waals surface area contributed by atoms with E-state index in [2.05, 4.69) is 10.0 Å². The van der Waals surface area contributed by atoms with Crippen LogP contribution < -0.4 is 19.5 Å². The maximum absolute atomic E-state index is 12.6. The van der Waals surface area contributed by atoms with Crippen LogP contribution in [0.3, 0.4) is 0 Å². The van der Waals surface area contributed by atoms with Crippen molar-refractivity contribution in [3.8, 4) is 11.5 Å². The van der Waals surface area contributed by atoms with E-state index in [0.29, 0.717) is 34.0 Å². The Morgan fingerprint density at radius 2 is 1.64 bits per heavy atom. The van der Waals surface area contributed by atoms with Crippen molar-refractivity contribution in [3.05, 3.63) is 90.1 Å². The topological polar surface area (TPSA) is 111 Å². The second-order valence-corrected chi connectivity index (χ2v) is 8.86. The Bertz CT molecular complexity index is 1350. The van der Waals surface area contributed by atoms with E-state index in [1.165, 1.54) is 37.4 Å². The average Bonchev–Trinajstić information content (AvgIpc) is 3.27. The minimum Gasteiger partial charge on any atom is -0.454 e. The highest BCUT2D eigenvalue weighted by molar-refractivity contribution is 7.92. The normalized spacial score (nSPS) is 12.5. The van der Waals surface area contributed by atoms with Gasteiger partial charge in [-0.3, -0.25) is 14.3 Å². The number of ether oxygens (including phenoxy) is 2. The van der Waals surface area contributed by atoms with Crippen LogP contribution in [0.2, 0.25) is 0 Å². The van der Waals surface area contributed by atoms with Crippen LogP contribution >= 0.6 is 0 Å². The van der Waals surface area contributed by atoms with Gasteiger partial charge in [0.15, 0.2) is 23.1 Å². The number of hydrogen-bond acceptors (Lipinski definition) is 7. The molecule has 1 heterocycles. The number of fused-ring (bicyclic) bond motifs is 1. The van der Waals surface area contributed by atoms with Gasteiger partial charge in [0, 0.05) is 34.8 Å². The van der Waals surface area contributed by atoms with Crippen molar-refractivity contribution in [2.75, 3.05) is 16.8 Å². The highest BCUT2D eigenvalue weighted by Gasteiger charge is 2.16. The molecule has 0 aromatic heterocycles. The predicted octanol–water partition coefficient (Wildman–Crippen LogP) is 4.23. The van der Waals surface area contributed by atoms with E-state index < -0.39 is 10.0 Å². The molecule has 0 amide bonds. The van der Waals surface area contributed by atoms with E-state index in [9.17, 15) is 18.0 Å². The molecule has 0 radical (unpaired) electrons. The zero-order valence-electron chi connectivity index (χ0n) is 17.6. The van der Waals surface area contributed by atoms with Crippen molar-refractivity contribution in [1.29, 1.82) is 0 Å². The van der Waals surface area contributed by atoms with Crippen LogP contribution in [-0.4, -0.2) is 26.8 Å². The number of allylic oxidation sites excluding steroid dienone is 1. The van der Waals surface area contributed by atoms with E-state index in [-0.39, 0.29) is 23.3 Å². The Morgan fingerprint density at radius 3 is 2.39 bits per heavy atom. The van der Waals surface area contributed by atoms with Crippen LogP contribution in [0.1, 0.15) is 27.6 Å². The molecule has 0 unspecified atom stereocenters. The van der Waals surface area contributed by atoms with Gasteiger partial charge in [0.1, 0.15) is 0 Å². The summed E-state index contributed by atoms with van der Waals surface area (Å²) < 4.78 is 38.2. The van der Waals surface area contributed by atoms with Gasteiger partial charge in [-0.1, -0.05) is 12.1 Å². The summed E-state index contributed by atoms with van der Waals surface area (Å²) in [7, 11) is -3.83. The minimum absolute atomic E-state index is 0.0571. The molecule has 1 aliphatic rings. The molecule has 0 saturated carbocycles. The van der Waals surface area contributed by atoms with Crippen molar-refractivity contribution in [2.45, 2.75) is 11.8 Å². The molecule has 2 N–H and O–H groups in total. The zero-order chi connectivity index (χ0) is 23.4. The number of sulfonamides is 1. The first-order valence-corrected chi connectivity index (χ1v) is 11.4. The highest BCUT2D eigenvalue weighted by Crippen LogP contribution is 2.32. The smallest absolute Gasteiger partial charge is 0.261 e. The number of carbonyl (C=O) groups excluding carboxylic acids is 2. The fourth-order valence-corrected chi connectivity index (χ4v) is 4.16. The lowest BCUT2D eigenvalue weighted by Crippen LogP contribution is -2.13. The summed E-state index contributed by atoms with van der Waals surface area (Å²) in [5, 5.41) is 2.94. The first-order chi connectivity index (χ1) is 15.8. The molecule has 3 aromatic rings. The third-order valence-corrected chi connectivity index (χ3v) is 6.22. The van der Waals surface area contributed by atoms with E-state index >= 15 is 0 Å². The summed E-state index contributed by atoms with van der Waals surface area (Å²) in [5.74, 6) is 0.749. The van der Waals surface area contributed by atoms with Gasteiger partial charge >= 0.3 is 0 Å². The van der Waals surface area contributed by atoms with Gasteiger partial charge in [-0.25, -0.2) is 8.42 Å². The second kappa shape index (κ2) is 9.17. The van der Waals surface area contributed by atoms with Crippen molar-refractivity contribution in [1.82, 2.24) is 0 Å². The van der Waals surface area contributed by atoms with Gasteiger partial charge < -0.3 is 14.8 Å². The molecule has 0 bridgehead atoms. The number of nitrogens with one attached hydrogen (secondary N) is 2. The lowest BCUT2D eigenvalue weighted by atomic mass is 10.1. The van der Waals surface area contributed by atoms with Crippen molar-refractivity contribution < 1.29 is 27.5 Å². The molecule has 4 rings (SSSR count). The number of ketones is 2. The molecule has 0 fully saturated rings. The number of benzene rings is 3. The van der Waals surface area contributed by atoms with Crippen molar-refractivity contribution in [2.24, 2.45) is 0 Å². The van der Waals surface area contributed by atoms with Gasteiger partial charge in [-0.2, -0.15) is 0 Å². The number of carbonyl (C=O) groups is 2. The molecule has 168 valence electrons. The lowest BCUT2D eigenvalue weighted by Gasteiger charge is -2.09. The summed E-state index contributed by atoms with van der Waals surface area (Å²) in [6.45, 7) is 1.55. The molecule has 0 saturated heterocycles. The summed E-state index contributed by atoms with van der Waals surface area (Å²) in [4.78, 5) is 23.9. The van der Waals surface area contributed by atoms with Crippen LogP contribution in [0.25, 0.3) is 0 Å². The van der Waals surface area contributed by atoms with Crippen LogP contribution in [0, 0.1) is 0 Å². The summed E-state index contributed by atoms with van der Waals surface area (Å²) in [6, 6.07) is 17.3. The quantitative estimate of drug-likeness (QED) is 0.379. The van der Waals surface area contributed by atoms with E-state index in [0.717, 1.165) is 0 Å². The maximum Gasteiger partial charge on any atom is 0.261 e. The highest BCUT2D eigenvalue weighted by atomic mass is 32.2. The molecule has 0 aliphatic carbocycles. The Hall–Kier alpha value is -4.11. The summed E-state index contributed by atoms with van der Waals surface area (Å²) in [5.41, 5.74) is 1.77. The van der Waals surface area contributed by atoms with E-state index in [1.54, 1.807) is 48.5 Å². The zero-order valence-corrected chi connectivity index (χ0v) is 18.4. The fourth-order valence-electron chi connectivity index (χ4n) is 3.11. The molecule has 0 atom stereocenters. The molecule has 9 heteroatoms. The third kappa shape index (κ3) is 5.21. The Labute approximate surface area is 190 Å². The summed E-state index contributed by atoms with van der Waals surface area (Å²) >= 11 is 0. The molecular formula is C24H20N2O6S. The molecule has 0 spiro atoms. The Balaban J connectivity index is 1.39. The minimum atomic E-state index is -3.83. The van der Waals surface area contributed by atoms with Gasteiger partial charge in [0.25, 0.3) is 10.0 Å². The Morgan fingerprint density at radius 1 is 0.879 bits per heavy atom. The van der Waals surface area contributed by atoms with Crippen LogP contribution in [0.4, 0.5) is 11.4 Å². The first-order valence-electron chi connectivity index (χ1n) is 9.93. The second-order valence-electron chi connectivity index (χ2n) is 7.18. The van der Waals surface area contributed by atoms with Crippen molar-refractivity contribution in [3.63, 3.8) is 0 Å². The molecule has 3 aromatic carbocycles. The predicted molar refractivity (Wildman–Crippen MR) is 123 cm³/mol. The molecule has 8 nitrogen and oxygen atoms in total. The summed E-state index contributed by atoms with van der Waals surface area (Å²) in [6.07, 6.45) is 2.84. The largest absolute Gasteiger partial charge is 0.454 e. The third-order valence-electron chi connectivity index (χ3n) is 4.83. The van der Waals surface area contributed by atoms with Gasteiger partial charge in [0.05, 0.1) is 4.90 Å². The number of Topliss-reactive ketones (excluding diaryl/α,β-unsaturated/α-hetero) is 1. The van der Waals surface area contributed by atoms with E-state index in [1.807, 2.05) is 0 Å². The monoisotopic (exact) mass is 464 g/mol. The molecular weight excluding hydrogens is 444 g/mol. The molecule has 1 aliphatic heterocycles. The maximum atomic E-state index is 12.6. The van der Waals surface area contributed by atoms with Crippen LogP contribution in [0.15, 0.2) is 83.9 Å². The van der Waals surface area contributed by atoms with Crippen LogP contribution in [-0.2, 0) is 10.0 Å². The SMILES string of the molecule is CC(=O)c1cccc(NS(=O)(=O)c2ccc(NC=CC(=O)c3ccc4c(c3)OCO4)cc2)c1. The van der Waals surface area contributed by atoms with Gasteiger partial charge in [-0.05, 0) is 61.5 Å². The van der Waals surface area contributed by atoms with Crippen LogP contribution in [0.5, 0.6) is 11.5 Å². The average molecular weight is 464 g/mol. The van der Waals surface area contributed by atoms with Crippen molar-refractivity contribution >= 4 is 33.0 Å². The number of hydrogen-bond donors (Lipinski definition) is 2. The first kappa shape index (κ1) is 22.1. The Kier molecular flexibility index (Phi) is 6.14. The molecule has 33 heavy (non-hydrogen) atoms.